The van der Waals surface area contributed by atoms with Gasteiger partial charge < -0.3 is 14.6 Å². The molecule has 0 aliphatic carbocycles. The van der Waals surface area contributed by atoms with Crippen LogP contribution in [0.3, 0.4) is 0 Å². The van der Waals surface area contributed by atoms with Crippen molar-refractivity contribution in [2.45, 2.75) is 13.8 Å². The van der Waals surface area contributed by atoms with Crippen molar-refractivity contribution >= 4 is 49.6 Å². The molecule has 188 valence electrons. The Morgan fingerprint density at radius 1 is 0.564 bits per heavy atom. The first-order chi connectivity index (χ1) is 19.3. The van der Waals surface area contributed by atoms with Crippen molar-refractivity contribution in [1.29, 1.82) is 0 Å². The Morgan fingerprint density at radius 3 is 2.21 bits per heavy atom. The first-order valence-electron chi connectivity index (χ1n) is 13.5. The Kier molecular flexibility index (Phi) is 5.56. The lowest BCUT2D eigenvalue weighted by atomic mass is 9.96. The molecule has 3 heteroatoms. The van der Waals surface area contributed by atoms with E-state index in [0.717, 1.165) is 45.2 Å². The second kappa shape index (κ2) is 9.38. The third-order valence-electron chi connectivity index (χ3n) is 7.37. The highest BCUT2D eigenvalue weighted by Gasteiger charge is 2.26. The van der Waals surface area contributed by atoms with Gasteiger partial charge in [-0.15, -0.1) is 0 Å². The SMILES string of the molecule is CC.c1ccc(N2c3ccccc3Oc3cc(-c4cccc5[nH]c6ccc7ccccc7c6c45)ccc32)cc1. The summed E-state index contributed by atoms with van der Waals surface area (Å²) < 4.78 is 6.49. The van der Waals surface area contributed by atoms with Crippen LogP contribution in [-0.4, -0.2) is 4.98 Å². The van der Waals surface area contributed by atoms with Gasteiger partial charge in [0.25, 0.3) is 0 Å². The number of hydrogen-bond donors (Lipinski definition) is 1. The second-order valence-electron chi connectivity index (χ2n) is 9.49. The summed E-state index contributed by atoms with van der Waals surface area (Å²) in [5.74, 6) is 1.70. The largest absolute Gasteiger partial charge is 0.453 e. The standard InChI is InChI=1S/C34H22N2O.C2H6/c1-2-10-24(11-3-1)36-29-15-6-7-16-31(29)37-32-21-23(18-20-30(32)36)26-13-8-14-27-34(26)33-25-12-5-4-9-22(25)17-19-28(33)35-27;1-2/h1-21,35H;1-2H3. The van der Waals surface area contributed by atoms with Crippen LogP contribution in [0.5, 0.6) is 11.5 Å². The molecule has 1 aliphatic heterocycles. The molecule has 1 aliphatic rings. The van der Waals surface area contributed by atoms with Crippen LogP contribution in [0.15, 0.2) is 127 Å². The van der Waals surface area contributed by atoms with Gasteiger partial charge in [0.15, 0.2) is 11.5 Å². The zero-order valence-corrected chi connectivity index (χ0v) is 22.0. The molecule has 0 saturated heterocycles. The highest BCUT2D eigenvalue weighted by Crippen LogP contribution is 2.51. The normalized spacial score (nSPS) is 12.0. The van der Waals surface area contributed by atoms with Gasteiger partial charge in [0.1, 0.15) is 0 Å². The lowest BCUT2D eigenvalue weighted by Gasteiger charge is -2.33. The summed E-state index contributed by atoms with van der Waals surface area (Å²) >= 11 is 0. The molecule has 8 rings (SSSR count). The van der Waals surface area contributed by atoms with Crippen LogP contribution in [0.25, 0.3) is 43.7 Å². The van der Waals surface area contributed by atoms with Crippen molar-refractivity contribution in [3.63, 3.8) is 0 Å². The quantitative estimate of drug-likeness (QED) is 0.254. The molecule has 1 N–H and O–H groups in total. The molecule has 0 bridgehead atoms. The lowest BCUT2D eigenvalue weighted by molar-refractivity contribution is 0.477. The number of aromatic nitrogens is 1. The first kappa shape index (κ1) is 23.1. The van der Waals surface area contributed by atoms with Crippen molar-refractivity contribution in [3.8, 4) is 22.6 Å². The number of para-hydroxylation sites is 3. The molecule has 0 atom stereocenters. The van der Waals surface area contributed by atoms with Gasteiger partial charge in [-0.1, -0.05) is 92.7 Å². The van der Waals surface area contributed by atoms with Crippen LogP contribution in [0.1, 0.15) is 13.8 Å². The maximum Gasteiger partial charge on any atom is 0.152 e. The molecule has 0 fully saturated rings. The summed E-state index contributed by atoms with van der Waals surface area (Å²) in [4.78, 5) is 5.92. The van der Waals surface area contributed by atoms with Gasteiger partial charge >= 0.3 is 0 Å². The van der Waals surface area contributed by atoms with Gasteiger partial charge in [0, 0.05) is 27.5 Å². The summed E-state index contributed by atoms with van der Waals surface area (Å²) in [7, 11) is 0. The predicted octanol–water partition coefficient (Wildman–Crippen LogP) is 10.7. The molecular weight excluding hydrogens is 476 g/mol. The molecular formula is C36H28N2O. The number of nitrogens with one attached hydrogen (secondary N) is 1. The fourth-order valence-corrected chi connectivity index (χ4v) is 5.74. The molecule has 0 saturated carbocycles. The molecule has 1 aromatic heterocycles. The third-order valence-corrected chi connectivity index (χ3v) is 7.37. The topological polar surface area (TPSA) is 28.3 Å². The van der Waals surface area contributed by atoms with Crippen LogP contribution in [0, 0.1) is 0 Å². The van der Waals surface area contributed by atoms with Gasteiger partial charge in [-0.25, -0.2) is 0 Å². The predicted molar refractivity (Wildman–Crippen MR) is 165 cm³/mol. The number of rotatable bonds is 2. The third kappa shape index (κ3) is 3.66. The van der Waals surface area contributed by atoms with E-state index in [4.69, 9.17) is 4.74 Å². The molecule has 6 aromatic carbocycles. The second-order valence-corrected chi connectivity index (χ2v) is 9.49. The fraction of sp³-hybridized carbons (Fsp3) is 0.0556. The minimum atomic E-state index is 0.849. The molecule has 0 amide bonds. The zero-order chi connectivity index (χ0) is 26.3. The van der Waals surface area contributed by atoms with Gasteiger partial charge in [-0.3, -0.25) is 0 Å². The number of nitrogens with zero attached hydrogens (tertiary/aromatic N) is 1. The Bertz CT molecular complexity index is 1970. The van der Waals surface area contributed by atoms with Crippen molar-refractivity contribution in [2.24, 2.45) is 0 Å². The summed E-state index contributed by atoms with van der Waals surface area (Å²) in [5.41, 5.74) is 7.79. The molecule has 0 radical (unpaired) electrons. The fourth-order valence-electron chi connectivity index (χ4n) is 5.74. The number of H-pyrrole nitrogens is 1. The van der Waals surface area contributed by atoms with Crippen molar-refractivity contribution in [2.75, 3.05) is 4.90 Å². The number of hydrogen-bond acceptors (Lipinski definition) is 2. The smallest absolute Gasteiger partial charge is 0.152 e. The van der Waals surface area contributed by atoms with Crippen LogP contribution >= 0.6 is 0 Å². The number of aromatic amines is 1. The summed E-state index contributed by atoms with van der Waals surface area (Å²) in [5, 5.41) is 5.01. The van der Waals surface area contributed by atoms with Gasteiger partial charge in [0.2, 0.25) is 0 Å². The number of ether oxygens (including phenoxy) is 1. The number of benzene rings is 6. The summed E-state index contributed by atoms with van der Waals surface area (Å²) in [6.07, 6.45) is 0. The first-order valence-corrected chi connectivity index (χ1v) is 13.5. The van der Waals surface area contributed by atoms with E-state index in [-0.39, 0.29) is 0 Å². The molecule has 2 heterocycles. The molecule has 39 heavy (non-hydrogen) atoms. The van der Waals surface area contributed by atoms with E-state index < -0.39 is 0 Å². The van der Waals surface area contributed by atoms with Crippen molar-refractivity contribution < 1.29 is 4.74 Å². The Hall–Kier alpha value is -5.02. The Balaban J connectivity index is 0.00000124. The average Bonchev–Trinajstić information content (AvgIpc) is 3.40. The van der Waals surface area contributed by atoms with Crippen LogP contribution in [0.4, 0.5) is 17.1 Å². The highest BCUT2D eigenvalue weighted by molar-refractivity contribution is 6.24. The van der Waals surface area contributed by atoms with Crippen molar-refractivity contribution in [1.82, 2.24) is 4.98 Å². The van der Waals surface area contributed by atoms with Crippen LogP contribution < -0.4 is 9.64 Å². The zero-order valence-electron chi connectivity index (χ0n) is 22.0. The van der Waals surface area contributed by atoms with Gasteiger partial charge in [0.05, 0.1) is 11.4 Å². The van der Waals surface area contributed by atoms with E-state index >= 15 is 0 Å². The van der Waals surface area contributed by atoms with E-state index in [1.54, 1.807) is 0 Å². The van der Waals surface area contributed by atoms with E-state index in [1.807, 2.05) is 32.0 Å². The van der Waals surface area contributed by atoms with E-state index in [1.165, 1.54) is 27.1 Å². The van der Waals surface area contributed by atoms with E-state index in [9.17, 15) is 0 Å². The van der Waals surface area contributed by atoms with Crippen LogP contribution in [0.2, 0.25) is 0 Å². The minimum Gasteiger partial charge on any atom is -0.453 e. The lowest BCUT2D eigenvalue weighted by Crippen LogP contribution is -2.15. The summed E-state index contributed by atoms with van der Waals surface area (Å²) in [6.45, 7) is 4.00. The Labute approximate surface area is 227 Å². The average molecular weight is 505 g/mol. The van der Waals surface area contributed by atoms with Crippen LogP contribution in [-0.2, 0) is 0 Å². The van der Waals surface area contributed by atoms with Crippen molar-refractivity contribution in [3.05, 3.63) is 127 Å². The highest BCUT2D eigenvalue weighted by atomic mass is 16.5. The molecule has 0 spiro atoms. The molecule has 7 aromatic rings. The monoisotopic (exact) mass is 504 g/mol. The molecule has 0 unspecified atom stereocenters. The molecule has 3 nitrogen and oxygen atoms in total. The Morgan fingerprint density at radius 2 is 1.31 bits per heavy atom. The minimum absolute atomic E-state index is 0.849. The van der Waals surface area contributed by atoms with E-state index in [0.29, 0.717) is 0 Å². The van der Waals surface area contributed by atoms with Gasteiger partial charge in [-0.2, -0.15) is 0 Å². The van der Waals surface area contributed by atoms with E-state index in [2.05, 4.69) is 119 Å². The van der Waals surface area contributed by atoms with Gasteiger partial charge in [-0.05, 0) is 70.4 Å². The maximum atomic E-state index is 6.49. The summed E-state index contributed by atoms with van der Waals surface area (Å²) in [6, 6.07) is 44.7. The number of anilines is 3. The maximum absolute atomic E-state index is 6.49. The number of fused-ring (bicyclic) bond motifs is 7.